The number of hydrogen-bond acceptors (Lipinski definition) is 2. The van der Waals surface area contributed by atoms with Crippen molar-refractivity contribution in [3.05, 3.63) is 48.2 Å². The Balaban J connectivity index is 2.90. The van der Waals surface area contributed by atoms with Crippen molar-refractivity contribution in [3.8, 4) is 0 Å². The number of aliphatic imine (C=N–C) groups is 1. The number of hydrogen-bond donors (Lipinski definition) is 1. The molecule has 3 nitrogen and oxygen atoms in total. The Morgan fingerprint density at radius 1 is 1.30 bits per heavy atom. The summed E-state index contributed by atoms with van der Waals surface area (Å²) in [4.78, 5) is 16.0. The van der Waals surface area contributed by atoms with E-state index in [0.717, 1.165) is 17.7 Å². The van der Waals surface area contributed by atoms with Gasteiger partial charge >= 0.3 is 0 Å². The van der Waals surface area contributed by atoms with Crippen molar-refractivity contribution in [3.63, 3.8) is 0 Å². The number of likely N-dealkylation sites (N-methyl/N-ethyl adjacent to an activating group) is 1. The second-order valence-electron chi connectivity index (χ2n) is 5.84. The van der Waals surface area contributed by atoms with E-state index in [-0.39, 0.29) is 11.6 Å². The Bertz CT molecular complexity index is 518. The maximum absolute atomic E-state index is 11.6. The van der Waals surface area contributed by atoms with Gasteiger partial charge in [0.2, 0.25) is 0 Å². The molecule has 0 aromatic rings. The van der Waals surface area contributed by atoms with E-state index in [0.29, 0.717) is 5.92 Å². The van der Waals surface area contributed by atoms with E-state index in [4.69, 9.17) is 0 Å². The van der Waals surface area contributed by atoms with Crippen LogP contribution >= 0.6 is 0 Å². The zero-order valence-corrected chi connectivity index (χ0v) is 14.8. The molecule has 1 fully saturated rings. The Hall–Kier alpha value is -1.90. The van der Waals surface area contributed by atoms with Crippen LogP contribution in [0.15, 0.2) is 53.2 Å². The Kier molecular flexibility index (Phi) is 8.96. The average Bonchev–Trinajstić information content (AvgIpc) is 2.59. The lowest BCUT2D eigenvalue weighted by atomic mass is 9.89. The zero-order valence-electron chi connectivity index (χ0n) is 14.8. The number of carbonyl (C=O) groups is 1. The van der Waals surface area contributed by atoms with Crippen LogP contribution in [0.5, 0.6) is 0 Å². The SMILES string of the molecule is C=C(/N=C(CC)/C(/C=C\C)=C/C=C/C1CCCCC1)C(=O)NC. The van der Waals surface area contributed by atoms with E-state index in [1.54, 1.807) is 7.05 Å². The van der Waals surface area contributed by atoms with Crippen LogP contribution in [-0.4, -0.2) is 18.7 Å². The van der Waals surface area contributed by atoms with Gasteiger partial charge in [0.1, 0.15) is 5.70 Å². The molecule has 0 atom stereocenters. The minimum Gasteiger partial charge on any atom is -0.354 e. The van der Waals surface area contributed by atoms with Crippen molar-refractivity contribution in [1.29, 1.82) is 0 Å². The fourth-order valence-corrected chi connectivity index (χ4v) is 2.78. The van der Waals surface area contributed by atoms with E-state index < -0.39 is 0 Å². The predicted molar refractivity (Wildman–Crippen MR) is 99.5 cm³/mol. The number of nitrogens with zero attached hydrogens (tertiary/aromatic N) is 1. The molecule has 0 spiro atoms. The normalized spacial score (nSPS) is 17.9. The minimum atomic E-state index is -0.242. The largest absolute Gasteiger partial charge is 0.354 e. The first-order valence-electron chi connectivity index (χ1n) is 8.62. The third kappa shape index (κ3) is 6.81. The summed E-state index contributed by atoms with van der Waals surface area (Å²) >= 11 is 0. The third-order valence-corrected chi connectivity index (χ3v) is 4.08. The maximum atomic E-state index is 11.6. The summed E-state index contributed by atoms with van der Waals surface area (Å²) in [6.45, 7) is 7.77. The summed E-state index contributed by atoms with van der Waals surface area (Å²) < 4.78 is 0. The van der Waals surface area contributed by atoms with Crippen LogP contribution in [-0.2, 0) is 4.79 Å². The van der Waals surface area contributed by atoms with Gasteiger partial charge in [-0.1, -0.05) is 63.1 Å². The van der Waals surface area contributed by atoms with Gasteiger partial charge in [-0.2, -0.15) is 0 Å². The first-order chi connectivity index (χ1) is 11.1. The molecule has 0 radical (unpaired) electrons. The zero-order chi connectivity index (χ0) is 17.1. The lowest BCUT2D eigenvalue weighted by Crippen LogP contribution is -2.19. The summed E-state index contributed by atoms with van der Waals surface area (Å²) in [6.07, 6.45) is 18.0. The van der Waals surface area contributed by atoms with Crippen molar-refractivity contribution in [2.45, 2.75) is 52.4 Å². The molecule has 1 N–H and O–H groups in total. The first-order valence-corrected chi connectivity index (χ1v) is 8.62. The second kappa shape index (κ2) is 10.8. The summed E-state index contributed by atoms with van der Waals surface area (Å²) in [5.41, 5.74) is 2.16. The summed E-state index contributed by atoms with van der Waals surface area (Å²) in [5.74, 6) is 0.461. The number of carbonyl (C=O) groups excluding carboxylic acids is 1. The second-order valence-corrected chi connectivity index (χ2v) is 5.84. The van der Waals surface area contributed by atoms with Gasteiger partial charge in [-0.05, 0) is 37.7 Å². The molecule has 23 heavy (non-hydrogen) atoms. The van der Waals surface area contributed by atoms with Gasteiger partial charge in [-0.15, -0.1) is 0 Å². The highest BCUT2D eigenvalue weighted by Gasteiger charge is 2.10. The molecule has 0 heterocycles. The topological polar surface area (TPSA) is 41.5 Å². The molecule has 1 aliphatic rings. The number of rotatable bonds is 7. The van der Waals surface area contributed by atoms with E-state index >= 15 is 0 Å². The van der Waals surface area contributed by atoms with E-state index in [1.165, 1.54) is 32.1 Å². The Morgan fingerprint density at radius 2 is 2.00 bits per heavy atom. The van der Waals surface area contributed by atoms with Gasteiger partial charge in [0.25, 0.3) is 5.91 Å². The van der Waals surface area contributed by atoms with Gasteiger partial charge in [-0.3, -0.25) is 4.79 Å². The molecule has 1 rings (SSSR count). The van der Waals surface area contributed by atoms with Crippen molar-refractivity contribution in [2.75, 3.05) is 7.05 Å². The monoisotopic (exact) mass is 314 g/mol. The van der Waals surface area contributed by atoms with Crippen LogP contribution < -0.4 is 5.32 Å². The average molecular weight is 314 g/mol. The molecule has 3 heteroatoms. The van der Waals surface area contributed by atoms with Crippen molar-refractivity contribution in [1.82, 2.24) is 5.32 Å². The molecular formula is C20H30N2O. The lowest BCUT2D eigenvalue weighted by molar-refractivity contribution is -0.117. The molecular weight excluding hydrogens is 284 g/mol. The molecule has 0 aliphatic heterocycles. The summed E-state index contributed by atoms with van der Waals surface area (Å²) in [6, 6.07) is 0. The van der Waals surface area contributed by atoms with Gasteiger partial charge < -0.3 is 5.32 Å². The molecule has 126 valence electrons. The molecule has 0 saturated heterocycles. The highest BCUT2D eigenvalue weighted by atomic mass is 16.1. The van der Waals surface area contributed by atoms with Gasteiger partial charge in [0.05, 0.1) is 0 Å². The van der Waals surface area contributed by atoms with Gasteiger partial charge in [-0.25, -0.2) is 4.99 Å². The van der Waals surface area contributed by atoms with Crippen molar-refractivity contribution in [2.24, 2.45) is 10.9 Å². The highest BCUT2D eigenvalue weighted by Crippen LogP contribution is 2.24. The Morgan fingerprint density at radius 3 is 2.57 bits per heavy atom. The number of nitrogens with one attached hydrogen (secondary N) is 1. The van der Waals surface area contributed by atoms with E-state index in [2.05, 4.69) is 35.1 Å². The molecule has 0 aromatic carbocycles. The quantitative estimate of drug-likeness (QED) is 0.412. The van der Waals surface area contributed by atoms with Crippen LogP contribution in [0.3, 0.4) is 0 Å². The number of amides is 1. The maximum Gasteiger partial charge on any atom is 0.269 e. The van der Waals surface area contributed by atoms with E-state index in [1.807, 2.05) is 26.0 Å². The van der Waals surface area contributed by atoms with Crippen LogP contribution in [0.25, 0.3) is 0 Å². The Labute approximate surface area is 141 Å². The fourth-order valence-electron chi connectivity index (χ4n) is 2.78. The third-order valence-electron chi connectivity index (χ3n) is 4.08. The molecule has 1 amide bonds. The summed E-state index contributed by atoms with van der Waals surface area (Å²) in [5, 5.41) is 2.55. The molecule has 1 aliphatic carbocycles. The van der Waals surface area contributed by atoms with Crippen LogP contribution in [0.2, 0.25) is 0 Å². The fraction of sp³-hybridized carbons (Fsp3) is 0.500. The van der Waals surface area contributed by atoms with Crippen molar-refractivity contribution >= 4 is 11.6 Å². The highest BCUT2D eigenvalue weighted by molar-refractivity contribution is 6.06. The summed E-state index contributed by atoms with van der Waals surface area (Å²) in [7, 11) is 1.59. The molecule has 1 saturated carbocycles. The lowest BCUT2D eigenvalue weighted by Gasteiger charge is -2.17. The predicted octanol–water partition coefficient (Wildman–Crippen LogP) is 4.74. The van der Waals surface area contributed by atoms with E-state index in [9.17, 15) is 4.79 Å². The van der Waals surface area contributed by atoms with Crippen LogP contribution in [0, 0.1) is 5.92 Å². The first kappa shape index (κ1) is 19.1. The molecule has 0 unspecified atom stereocenters. The van der Waals surface area contributed by atoms with Crippen LogP contribution in [0.4, 0.5) is 0 Å². The number of allylic oxidation sites excluding steroid dienone is 6. The smallest absolute Gasteiger partial charge is 0.269 e. The van der Waals surface area contributed by atoms with Gasteiger partial charge in [0, 0.05) is 12.8 Å². The molecule has 0 bridgehead atoms. The minimum absolute atomic E-state index is 0.242. The molecule has 0 aromatic heterocycles. The van der Waals surface area contributed by atoms with Gasteiger partial charge in [0.15, 0.2) is 0 Å². The van der Waals surface area contributed by atoms with Crippen molar-refractivity contribution < 1.29 is 4.79 Å². The standard InChI is InChI=1S/C20H30N2O/c1-5-11-18(15-10-14-17-12-8-7-9-13-17)19(6-2)22-16(3)20(23)21-4/h5,10-11,14-15,17H,3,6-9,12-13H2,1-2,4H3,(H,21,23)/b11-5-,14-10+,18-15+,22-19+. The van der Waals surface area contributed by atoms with Crippen LogP contribution in [0.1, 0.15) is 52.4 Å².